The molecule has 0 saturated heterocycles. The van der Waals surface area contributed by atoms with Gasteiger partial charge >= 0.3 is 0 Å². The Hall–Kier alpha value is -0.580. The summed E-state index contributed by atoms with van der Waals surface area (Å²) >= 11 is 3.16. The summed E-state index contributed by atoms with van der Waals surface area (Å²) in [6, 6.07) is 7.02. The van der Waals surface area contributed by atoms with Crippen LogP contribution in [0.2, 0.25) is 0 Å². The molecule has 0 saturated carbocycles. The van der Waals surface area contributed by atoms with Gasteiger partial charge in [0.05, 0.1) is 13.7 Å². The van der Waals surface area contributed by atoms with Crippen molar-refractivity contribution in [1.82, 2.24) is 0 Å². The molecule has 1 aromatic rings. The molecule has 2 N–H and O–H groups in total. The quantitative estimate of drug-likeness (QED) is 0.802. The average Bonchev–Trinajstić information content (AvgIpc) is 2.28. The fourth-order valence-corrected chi connectivity index (χ4v) is 1.62. The lowest BCUT2D eigenvalue weighted by molar-refractivity contribution is 0.00307. The van der Waals surface area contributed by atoms with Crippen LogP contribution in [0.3, 0.4) is 0 Å². The van der Waals surface area contributed by atoms with E-state index in [1.807, 2.05) is 0 Å². The van der Waals surface area contributed by atoms with Gasteiger partial charge in [0.1, 0.15) is 11.4 Å². The number of aliphatic hydroxyl groups excluding tert-OH is 1. The minimum absolute atomic E-state index is 0.281. The molecule has 0 fully saturated rings. The number of halogens is 1. The van der Waals surface area contributed by atoms with Gasteiger partial charge in [-0.15, -0.1) is 0 Å². The third-order valence-corrected chi connectivity index (χ3v) is 3.02. The number of hydrogen-bond donors (Lipinski definition) is 2. The van der Waals surface area contributed by atoms with Crippen LogP contribution < -0.4 is 4.74 Å². The highest BCUT2D eigenvalue weighted by atomic mass is 79.9. The Kier molecular flexibility index (Phi) is 3.92. The number of aliphatic hydroxyl groups is 2. The molecule has 0 heterocycles. The minimum atomic E-state index is -1.24. The Morgan fingerprint density at radius 3 is 2.71 bits per heavy atom. The maximum absolute atomic E-state index is 9.97. The van der Waals surface area contributed by atoms with Crippen molar-refractivity contribution in [2.45, 2.75) is 5.60 Å². The van der Waals surface area contributed by atoms with Gasteiger partial charge in [-0.1, -0.05) is 28.1 Å². The van der Waals surface area contributed by atoms with Crippen LogP contribution in [0.15, 0.2) is 24.3 Å². The molecule has 3 nitrogen and oxygen atoms in total. The Morgan fingerprint density at radius 1 is 1.50 bits per heavy atom. The largest absolute Gasteiger partial charge is 0.497 e. The number of methoxy groups -OCH3 is 1. The first kappa shape index (κ1) is 11.5. The van der Waals surface area contributed by atoms with Gasteiger partial charge in [0.2, 0.25) is 0 Å². The van der Waals surface area contributed by atoms with Gasteiger partial charge in [-0.2, -0.15) is 0 Å². The van der Waals surface area contributed by atoms with E-state index in [1.54, 1.807) is 31.4 Å². The Labute approximate surface area is 91.5 Å². The van der Waals surface area contributed by atoms with Gasteiger partial charge in [0.15, 0.2) is 0 Å². The number of ether oxygens (including phenoxy) is 1. The molecule has 0 unspecified atom stereocenters. The number of alkyl halides is 1. The van der Waals surface area contributed by atoms with E-state index in [1.165, 1.54) is 0 Å². The van der Waals surface area contributed by atoms with Crippen LogP contribution in [0.4, 0.5) is 0 Å². The third-order valence-electron chi connectivity index (χ3n) is 2.09. The Balaban J connectivity index is 3.04. The first-order chi connectivity index (χ1) is 6.66. The van der Waals surface area contributed by atoms with Crippen LogP contribution in [0.1, 0.15) is 5.56 Å². The van der Waals surface area contributed by atoms with Gasteiger partial charge in [0, 0.05) is 5.33 Å². The monoisotopic (exact) mass is 260 g/mol. The molecule has 4 heteroatoms. The highest BCUT2D eigenvalue weighted by molar-refractivity contribution is 9.09. The lowest BCUT2D eigenvalue weighted by Crippen LogP contribution is -2.31. The predicted octanol–water partition coefficient (Wildman–Crippen LogP) is 1.27. The fourth-order valence-electron chi connectivity index (χ4n) is 1.12. The second-order valence-electron chi connectivity index (χ2n) is 3.06. The second kappa shape index (κ2) is 4.77. The zero-order valence-corrected chi connectivity index (χ0v) is 9.49. The zero-order valence-electron chi connectivity index (χ0n) is 7.90. The molecular weight excluding hydrogens is 248 g/mol. The maximum atomic E-state index is 9.97. The van der Waals surface area contributed by atoms with Crippen molar-refractivity contribution >= 4 is 15.9 Å². The molecule has 0 aliphatic carbocycles. The lowest BCUT2D eigenvalue weighted by Gasteiger charge is -2.24. The molecule has 0 bridgehead atoms. The van der Waals surface area contributed by atoms with Crippen molar-refractivity contribution in [2.75, 3.05) is 19.0 Å². The molecule has 1 atom stereocenters. The third kappa shape index (κ3) is 2.26. The highest BCUT2D eigenvalue weighted by Crippen LogP contribution is 2.25. The van der Waals surface area contributed by atoms with E-state index in [2.05, 4.69) is 15.9 Å². The maximum Gasteiger partial charge on any atom is 0.122 e. The van der Waals surface area contributed by atoms with E-state index in [4.69, 9.17) is 9.84 Å². The number of hydrogen-bond acceptors (Lipinski definition) is 3. The SMILES string of the molecule is COc1cccc([C@@](O)(CO)CBr)c1. The normalized spacial score (nSPS) is 14.9. The summed E-state index contributed by atoms with van der Waals surface area (Å²) in [5.74, 6) is 0.662. The summed E-state index contributed by atoms with van der Waals surface area (Å²) in [7, 11) is 1.56. The van der Waals surface area contributed by atoms with Crippen LogP contribution in [-0.2, 0) is 5.60 Å². The molecule has 0 aromatic heterocycles. The second-order valence-corrected chi connectivity index (χ2v) is 3.62. The van der Waals surface area contributed by atoms with Gasteiger partial charge in [-0.05, 0) is 17.7 Å². The first-order valence-electron chi connectivity index (χ1n) is 4.20. The average molecular weight is 261 g/mol. The molecule has 78 valence electrons. The van der Waals surface area contributed by atoms with Crippen molar-refractivity contribution in [2.24, 2.45) is 0 Å². The molecule has 1 rings (SSSR count). The van der Waals surface area contributed by atoms with E-state index in [-0.39, 0.29) is 11.9 Å². The van der Waals surface area contributed by atoms with Crippen LogP contribution in [0, 0.1) is 0 Å². The van der Waals surface area contributed by atoms with Crippen molar-refractivity contribution in [3.8, 4) is 5.75 Å². The standard InChI is InChI=1S/C10H13BrO3/c1-14-9-4-2-3-8(5-9)10(13,6-11)7-12/h2-5,12-13H,6-7H2,1H3/t10-/m0/s1. The molecule has 14 heavy (non-hydrogen) atoms. The smallest absolute Gasteiger partial charge is 0.122 e. The highest BCUT2D eigenvalue weighted by Gasteiger charge is 2.27. The molecule has 0 aliphatic rings. The van der Waals surface area contributed by atoms with Gasteiger partial charge in [0.25, 0.3) is 0 Å². The van der Waals surface area contributed by atoms with Crippen molar-refractivity contribution in [1.29, 1.82) is 0 Å². The summed E-state index contributed by atoms with van der Waals surface area (Å²) in [6.07, 6.45) is 0. The van der Waals surface area contributed by atoms with E-state index >= 15 is 0 Å². The van der Waals surface area contributed by atoms with Crippen molar-refractivity contribution in [3.63, 3.8) is 0 Å². The van der Waals surface area contributed by atoms with Gasteiger partial charge < -0.3 is 14.9 Å². The Morgan fingerprint density at radius 2 is 2.21 bits per heavy atom. The van der Waals surface area contributed by atoms with Gasteiger partial charge in [-0.3, -0.25) is 0 Å². The summed E-state index contributed by atoms with van der Waals surface area (Å²) in [5, 5.41) is 19.3. The van der Waals surface area contributed by atoms with Crippen molar-refractivity contribution in [3.05, 3.63) is 29.8 Å². The van der Waals surface area contributed by atoms with Crippen LogP contribution in [0.25, 0.3) is 0 Å². The minimum Gasteiger partial charge on any atom is -0.497 e. The fraction of sp³-hybridized carbons (Fsp3) is 0.400. The summed E-state index contributed by atoms with van der Waals surface area (Å²) in [6.45, 7) is -0.328. The predicted molar refractivity (Wildman–Crippen MR) is 57.8 cm³/mol. The Bertz CT molecular complexity index is 297. The summed E-state index contributed by atoms with van der Waals surface area (Å²) < 4.78 is 5.03. The van der Waals surface area contributed by atoms with Gasteiger partial charge in [-0.25, -0.2) is 0 Å². The summed E-state index contributed by atoms with van der Waals surface area (Å²) in [4.78, 5) is 0. The van der Waals surface area contributed by atoms with E-state index < -0.39 is 5.60 Å². The molecular formula is C10H13BrO3. The molecule has 1 aromatic carbocycles. The molecule has 0 amide bonds. The topological polar surface area (TPSA) is 49.7 Å². The van der Waals surface area contributed by atoms with E-state index in [9.17, 15) is 5.11 Å². The summed E-state index contributed by atoms with van der Waals surface area (Å²) in [5.41, 5.74) is -0.606. The first-order valence-corrected chi connectivity index (χ1v) is 5.32. The molecule has 0 spiro atoms. The molecule has 0 aliphatic heterocycles. The van der Waals surface area contributed by atoms with E-state index in [0.717, 1.165) is 0 Å². The van der Waals surface area contributed by atoms with Crippen LogP contribution in [0.5, 0.6) is 5.75 Å². The van der Waals surface area contributed by atoms with E-state index in [0.29, 0.717) is 11.3 Å². The molecule has 0 radical (unpaired) electrons. The zero-order chi connectivity index (χ0) is 10.6. The van der Waals surface area contributed by atoms with Crippen LogP contribution >= 0.6 is 15.9 Å². The van der Waals surface area contributed by atoms with Crippen molar-refractivity contribution < 1.29 is 14.9 Å². The number of benzene rings is 1. The lowest BCUT2D eigenvalue weighted by atomic mass is 9.97. The number of rotatable bonds is 4. The van der Waals surface area contributed by atoms with Crippen LogP contribution in [-0.4, -0.2) is 29.3 Å².